The fraction of sp³-hybridized carbons (Fsp3) is 0.167. The van der Waals surface area contributed by atoms with Crippen LogP contribution in [0.1, 0.15) is 16.1 Å². The molecule has 0 atom stereocenters. The molecular weight excluding hydrogens is 318 g/mol. The number of hydrogen-bond acceptors (Lipinski definition) is 5. The zero-order chi connectivity index (χ0) is 17.5. The van der Waals surface area contributed by atoms with Gasteiger partial charge in [-0.1, -0.05) is 54.6 Å². The van der Waals surface area contributed by atoms with Gasteiger partial charge in [-0.25, -0.2) is 4.63 Å². The van der Waals surface area contributed by atoms with Crippen LogP contribution in [0.2, 0.25) is 0 Å². The molecule has 0 aliphatic rings. The van der Waals surface area contributed by atoms with Crippen LogP contribution in [0.25, 0.3) is 11.1 Å². The van der Waals surface area contributed by atoms with Gasteiger partial charge in [0.25, 0.3) is 5.91 Å². The molecule has 1 aromatic heterocycles. The topological polar surface area (TPSA) is 111 Å². The van der Waals surface area contributed by atoms with Crippen molar-refractivity contribution in [3.05, 3.63) is 65.9 Å². The van der Waals surface area contributed by atoms with Crippen molar-refractivity contribution in [1.82, 2.24) is 15.6 Å². The number of carbonyl (C=O) groups is 1. The molecule has 3 rings (SSSR count). The summed E-state index contributed by atoms with van der Waals surface area (Å²) < 4.78 is 4.40. The second-order valence-corrected chi connectivity index (χ2v) is 5.60. The number of hydrogen-bond donors (Lipinski definition) is 3. The molecule has 128 valence electrons. The van der Waals surface area contributed by atoms with Crippen LogP contribution in [0, 0.1) is 0 Å². The van der Waals surface area contributed by atoms with Crippen molar-refractivity contribution in [2.45, 2.75) is 6.54 Å². The van der Waals surface area contributed by atoms with Crippen LogP contribution in [0.5, 0.6) is 0 Å². The van der Waals surface area contributed by atoms with Gasteiger partial charge in [0.1, 0.15) is 6.54 Å². The van der Waals surface area contributed by atoms with Crippen molar-refractivity contribution in [3.8, 4) is 11.1 Å². The standard InChI is InChI=1S/C18H19N5O2/c19-17-16(22-25-23-17)18(24)21-11-10-20-12-13-6-8-15(9-7-13)14-4-2-1-3-5-14/h1-9,20H,10-12H2,(H2,19,23)(H,21,24)/p+1. The van der Waals surface area contributed by atoms with E-state index in [2.05, 4.69) is 62.0 Å². The first-order valence-corrected chi connectivity index (χ1v) is 8.06. The van der Waals surface area contributed by atoms with Gasteiger partial charge in [-0.05, 0) is 21.4 Å². The number of quaternary nitrogens is 1. The lowest BCUT2D eigenvalue weighted by atomic mass is 10.0. The number of nitrogens with zero attached hydrogens (tertiary/aromatic N) is 2. The van der Waals surface area contributed by atoms with Crippen molar-refractivity contribution >= 4 is 11.7 Å². The molecule has 0 spiro atoms. The molecule has 0 aliphatic heterocycles. The van der Waals surface area contributed by atoms with Crippen molar-refractivity contribution in [2.75, 3.05) is 18.8 Å². The summed E-state index contributed by atoms with van der Waals surface area (Å²) in [5.74, 6) is -0.376. The number of carbonyl (C=O) groups excluding carboxylic acids is 1. The van der Waals surface area contributed by atoms with Gasteiger partial charge in [0.15, 0.2) is 0 Å². The molecule has 7 nitrogen and oxygen atoms in total. The van der Waals surface area contributed by atoms with Crippen molar-refractivity contribution in [2.24, 2.45) is 0 Å². The Kier molecular flexibility index (Phi) is 5.38. The molecule has 1 heterocycles. The van der Waals surface area contributed by atoms with Gasteiger partial charge in [-0.15, -0.1) is 0 Å². The molecule has 0 saturated carbocycles. The summed E-state index contributed by atoms with van der Waals surface area (Å²) in [6.07, 6.45) is 0. The Balaban J connectivity index is 1.41. The number of benzene rings is 2. The minimum absolute atomic E-state index is 0.0000135. The van der Waals surface area contributed by atoms with Crippen LogP contribution < -0.4 is 16.4 Å². The zero-order valence-electron chi connectivity index (χ0n) is 13.7. The number of rotatable bonds is 7. The molecule has 0 radical (unpaired) electrons. The van der Waals surface area contributed by atoms with Crippen molar-refractivity contribution < 1.29 is 14.7 Å². The highest BCUT2D eigenvalue weighted by Gasteiger charge is 2.15. The number of nitrogens with one attached hydrogen (secondary N) is 1. The molecule has 0 aliphatic carbocycles. The van der Waals surface area contributed by atoms with Gasteiger partial charge < -0.3 is 16.4 Å². The lowest BCUT2D eigenvalue weighted by molar-refractivity contribution is -0.668. The fourth-order valence-corrected chi connectivity index (χ4v) is 2.46. The quantitative estimate of drug-likeness (QED) is 0.552. The Hall–Kier alpha value is -3.19. The first-order valence-electron chi connectivity index (χ1n) is 8.06. The Labute approximate surface area is 145 Å². The van der Waals surface area contributed by atoms with Crippen LogP contribution in [0.4, 0.5) is 5.82 Å². The van der Waals surface area contributed by atoms with E-state index in [1.807, 2.05) is 18.2 Å². The molecule has 5 N–H and O–H groups in total. The Bertz CT molecular complexity index is 815. The van der Waals surface area contributed by atoms with E-state index in [4.69, 9.17) is 5.73 Å². The summed E-state index contributed by atoms with van der Waals surface area (Å²) in [6, 6.07) is 18.8. The van der Waals surface area contributed by atoms with E-state index in [0.717, 1.165) is 13.1 Å². The number of aromatic nitrogens is 2. The van der Waals surface area contributed by atoms with E-state index in [-0.39, 0.29) is 17.4 Å². The average Bonchev–Trinajstić information content (AvgIpc) is 3.09. The summed E-state index contributed by atoms with van der Waals surface area (Å²) in [6.45, 7) is 2.10. The number of amides is 1. The lowest BCUT2D eigenvalue weighted by Gasteiger charge is -2.05. The van der Waals surface area contributed by atoms with Crippen molar-refractivity contribution in [1.29, 1.82) is 0 Å². The van der Waals surface area contributed by atoms with E-state index in [1.165, 1.54) is 16.7 Å². The molecule has 0 fully saturated rings. The molecule has 0 bridgehead atoms. The third-order valence-electron chi connectivity index (χ3n) is 3.80. The fourth-order valence-electron chi connectivity index (χ4n) is 2.46. The summed E-state index contributed by atoms with van der Waals surface area (Å²) in [4.78, 5) is 11.8. The minimum atomic E-state index is -0.376. The SMILES string of the molecule is Nc1nonc1C(=O)NCC[NH2+]Cc1ccc(-c2ccccc2)cc1. The van der Waals surface area contributed by atoms with Gasteiger partial charge in [-0.3, -0.25) is 4.79 Å². The van der Waals surface area contributed by atoms with Crippen LogP contribution in [0.3, 0.4) is 0 Å². The Morgan fingerprint density at radius 2 is 1.76 bits per heavy atom. The van der Waals surface area contributed by atoms with Crippen LogP contribution in [-0.4, -0.2) is 29.3 Å². The zero-order valence-corrected chi connectivity index (χ0v) is 13.7. The van der Waals surface area contributed by atoms with Crippen LogP contribution in [-0.2, 0) is 6.54 Å². The third-order valence-corrected chi connectivity index (χ3v) is 3.80. The van der Waals surface area contributed by atoms with Crippen molar-refractivity contribution in [3.63, 3.8) is 0 Å². The smallest absolute Gasteiger partial charge is 0.277 e. The van der Waals surface area contributed by atoms with Crippen LogP contribution >= 0.6 is 0 Å². The van der Waals surface area contributed by atoms with Gasteiger partial charge in [0.05, 0.1) is 13.1 Å². The molecule has 25 heavy (non-hydrogen) atoms. The first-order chi connectivity index (χ1) is 12.2. The number of nitrogen functional groups attached to an aromatic ring is 1. The Morgan fingerprint density at radius 3 is 2.44 bits per heavy atom. The molecule has 0 unspecified atom stereocenters. The van der Waals surface area contributed by atoms with Gasteiger partial charge in [-0.2, -0.15) is 0 Å². The van der Waals surface area contributed by atoms with Gasteiger partial charge in [0.2, 0.25) is 11.5 Å². The Morgan fingerprint density at radius 1 is 1.04 bits per heavy atom. The summed E-state index contributed by atoms with van der Waals surface area (Å²) in [7, 11) is 0. The largest absolute Gasteiger partial charge is 0.379 e. The summed E-state index contributed by atoms with van der Waals surface area (Å²) >= 11 is 0. The highest BCUT2D eigenvalue weighted by molar-refractivity contribution is 5.95. The number of nitrogens with two attached hydrogens (primary N) is 2. The highest BCUT2D eigenvalue weighted by atomic mass is 16.6. The predicted octanol–water partition coefficient (Wildman–Crippen LogP) is 0.812. The maximum Gasteiger partial charge on any atom is 0.277 e. The second kappa shape index (κ2) is 8.07. The first kappa shape index (κ1) is 16.7. The summed E-state index contributed by atoms with van der Waals surface area (Å²) in [5.41, 5.74) is 9.14. The predicted molar refractivity (Wildman–Crippen MR) is 93.4 cm³/mol. The summed E-state index contributed by atoms with van der Waals surface area (Å²) in [5, 5.41) is 11.7. The third kappa shape index (κ3) is 4.42. The average molecular weight is 338 g/mol. The van der Waals surface area contributed by atoms with Crippen LogP contribution in [0.15, 0.2) is 59.2 Å². The van der Waals surface area contributed by atoms with E-state index in [9.17, 15) is 4.79 Å². The maximum absolute atomic E-state index is 11.8. The molecule has 7 heteroatoms. The molecule has 1 amide bonds. The second-order valence-electron chi connectivity index (χ2n) is 5.60. The molecule has 3 aromatic rings. The van der Waals surface area contributed by atoms with E-state index in [1.54, 1.807) is 0 Å². The van der Waals surface area contributed by atoms with E-state index >= 15 is 0 Å². The molecule has 0 saturated heterocycles. The monoisotopic (exact) mass is 338 g/mol. The maximum atomic E-state index is 11.8. The normalized spacial score (nSPS) is 10.6. The van der Waals surface area contributed by atoms with Gasteiger partial charge in [0, 0.05) is 5.56 Å². The van der Waals surface area contributed by atoms with E-state index < -0.39 is 0 Å². The lowest BCUT2D eigenvalue weighted by Crippen LogP contribution is -2.84. The molecule has 2 aromatic carbocycles. The van der Waals surface area contributed by atoms with Gasteiger partial charge >= 0.3 is 0 Å². The highest BCUT2D eigenvalue weighted by Crippen LogP contribution is 2.18. The minimum Gasteiger partial charge on any atom is -0.379 e. The molecular formula is C18H20N5O2+. The van der Waals surface area contributed by atoms with E-state index in [0.29, 0.717) is 6.54 Å². The number of anilines is 1.